The number of amides is 1. The number of morpholine rings is 1. The van der Waals surface area contributed by atoms with Gasteiger partial charge >= 0.3 is 0 Å². The van der Waals surface area contributed by atoms with E-state index in [0.29, 0.717) is 19.8 Å². The fourth-order valence-electron chi connectivity index (χ4n) is 2.91. The Morgan fingerprint density at radius 2 is 1.90 bits per heavy atom. The second kappa shape index (κ2) is 9.77. The molecule has 2 aromatic rings. The summed E-state index contributed by atoms with van der Waals surface area (Å²) in [6, 6.07) is 8.20. The van der Waals surface area contributed by atoms with Crippen LogP contribution in [0.4, 0.5) is 10.2 Å². The molecule has 1 aliphatic heterocycles. The molecule has 10 heteroatoms. The summed E-state index contributed by atoms with van der Waals surface area (Å²) >= 11 is 0. The summed E-state index contributed by atoms with van der Waals surface area (Å²) in [5.74, 6) is 0.00637. The average molecular weight is 422 g/mol. The summed E-state index contributed by atoms with van der Waals surface area (Å²) in [7, 11) is -3.79. The highest BCUT2D eigenvalue weighted by molar-refractivity contribution is 7.89. The van der Waals surface area contributed by atoms with Gasteiger partial charge in [-0.3, -0.25) is 4.79 Å². The summed E-state index contributed by atoms with van der Waals surface area (Å²) in [6.07, 6.45) is 1.69. The van der Waals surface area contributed by atoms with Crippen molar-refractivity contribution < 1.29 is 22.3 Å². The van der Waals surface area contributed by atoms with Crippen molar-refractivity contribution in [2.24, 2.45) is 0 Å². The molecule has 1 amide bonds. The monoisotopic (exact) mass is 422 g/mol. The van der Waals surface area contributed by atoms with Crippen molar-refractivity contribution in [1.82, 2.24) is 15.0 Å². The number of carbonyl (C=O) groups excluding carboxylic acids is 1. The normalized spacial score (nSPS) is 14.6. The maximum absolute atomic E-state index is 12.9. The number of ether oxygens (including phenoxy) is 1. The molecular weight excluding hydrogens is 399 g/mol. The Morgan fingerprint density at radius 1 is 1.17 bits per heavy atom. The Morgan fingerprint density at radius 3 is 2.62 bits per heavy atom. The van der Waals surface area contributed by atoms with Gasteiger partial charge in [0.2, 0.25) is 15.9 Å². The molecule has 29 heavy (non-hydrogen) atoms. The number of nitrogens with one attached hydrogen (secondary N) is 2. The van der Waals surface area contributed by atoms with E-state index in [1.165, 1.54) is 12.1 Å². The van der Waals surface area contributed by atoms with E-state index in [1.807, 2.05) is 12.1 Å². The Labute approximate surface area is 169 Å². The van der Waals surface area contributed by atoms with E-state index in [-0.39, 0.29) is 23.8 Å². The lowest BCUT2D eigenvalue weighted by atomic mass is 10.2. The van der Waals surface area contributed by atoms with Crippen molar-refractivity contribution in [2.75, 3.05) is 37.7 Å². The average Bonchev–Trinajstić information content (AvgIpc) is 2.73. The summed E-state index contributed by atoms with van der Waals surface area (Å²) < 4.78 is 44.9. The van der Waals surface area contributed by atoms with Gasteiger partial charge in [0.1, 0.15) is 11.6 Å². The minimum atomic E-state index is -3.79. The van der Waals surface area contributed by atoms with Gasteiger partial charge in [-0.25, -0.2) is 22.5 Å². The molecule has 0 spiro atoms. The zero-order valence-corrected chi connectivity index (χ0v) is 16.6. The van der Waals surface area contributed by atoms with Crippen molar-refractivity contribution in [3.63, 3.8) is 0 Å². The summed E-state index contributed by atoms with van der Waals surface area (Å²) in [4.78, 5) is 18.6. The molecule has 1 fully saturated rings. The molecule has 1 aromatic heterocycles. The Balaban J connectivity index is 1.49. The zero-order valence-electron chi connectivity index (χ0n) is 15.8. The number of carbonyl (C=O) groups is 1. The quantitative estimate of drug-likeness (QED) is 0.659. The van der Waals surface area contributed by atoms with Crippen LogP contribution in [-0.2, 0) is 26.1 Å². The summed E-state index contributed by atoms with van der Waals surface area (Å²) in [5, 5.41) is 2.79. The highest BCUT2D eigenvalue weighted by atomic mass is 32.2. The van der Waals surface area contributed by atoms with Crippen LogP contribution in [0.2, 0.25) is 0 Å². The van der Waals surface area contributed by atoms with Crippen LogP contribution >= 0.6 is 0 Å². The minimum absolute atomic E-state index is 0.0203. The van der Waals surface area contributed by atoms with Gasteiger partial charge < -0.3 is 15.0 Å². The third-order valence-electron chi connectivity index (χ3n) is 4.42. The number of halogens is 1. The molecule has 0 bridgehead atoms. The minimum Gasteiger partial charge on any atom is -0.378 e. The van der Waals surface area contributed by atoms with Gasteiger partial charge in [0.05, 0.1) is 18.1 Å². The third-order valence-corrected chi connectivity index (χ3v) is 5.90. The first-order valence-electron chi connectivity index (χ1n) is 9.24. The zero-order chi connectivity index (χ0) is 20.7. The largest absolute Gasteiger partial charge is 0.378 e. The van der Waals surface area contributed by atoms with Gasteiger partial charge in [-0.15, -0.1) is 0 Å². The van der Waals surface area contributed by atoms with Gasteiger partial charge in [0.25, 0.3) is 0 Å². The molecule has 3 rings (SSSR count). The summed E-state index contributed by atoms with van der Waals surface area (Å²) in [5.41, 5.74) is 0.884. The lowest BCUT2D eigenvalue weighted by molar-refractivity contribution is -0.121. The second-order valence-corrected chi connectivity index (χ2v) is 8.23. The van der Waals surface area contributed by atoms with E-state index in [1.54, 1.807) is 6.20 Å². The third kappa shape index (κ3) is 5.96. The topological polar surface area (TPSA) is 101 Å². The first kappa shape index (κ1) is 21.2. The molecule has 2 heterocycles. The Kier molecular flexibility index (Phi) is 7.13. The SMILES string of the molecule is O=C(CCNS(=O)(=O)c1ccc(F)cc1)NCc1cccnc1N1CCOCC1. The van der Waals surface area contributed by atoms with Crippen LogP contribution in [0, 0.1) is 5.82 Å². The molecule has 0 unspecified atom stereocenters. The predicted molar refractivity (Wildman–Crippen MR) is 105 cm³/mol. The van der Waals surface area contributed by atoms with E-state index in [4.69, 9.17) is 4.74 Å². The number of aromatic nitrogens is 1. The van der Waals surface area contributed by atoms with Gasteiger partial charge in [-0.2, -0.15) is 0 Å². The van der Waals surface area contributed by atoms with Gasteiger partial charge in [-0.05, 0) is 30.3 Å². The fraction of sp³-hybridized carbons (Fsp3) is 0.368. The smallest absolute Gasteiger partial charge is 0.240 e. The number of hydrogen-bond acceptors (Lipinski definition) is 6. The number of nitrogens with zero attached hydrogens (tertiary/aromatic N) is 2. The van der Waals surface area contributed by atoms with E-state index in [9.17, 15) is 17.6 Å². The molecular formula is C19H23FN4O4S. The molecule has 0 atom stereocenters. The standard InChI is InChI=1S/C19H23FN4O4S/c20-16-3-5-17(6-4-16)29(26,27)23-9-7-18(25)22-14-15-2-1-8-21-19(15)24-10-12-28-13-11-24/h1-6,8,23H,7,9-14H2,(H,22,25). The van der Waals surface area contributed by atoms with Crippen LogP contribution in [0.3, 0.4) is 0 Å². The number of sulfonamides is 1. The van der Waals surface area contributed by atoms with Crippen molar-refractivity contribution >= 4 is 21.7 Å². The second-order valence-electron chi connectivity index (χ2n) is 6.46. The van der Waals surface area contributed by atoms with Gasteiger partial charge in [-0.1, -0.05) is 6.07 Å². The molecule has 1 aromatic carbocycles. The maximum atomic E-state index is 12.9. The molecule has 1 saturated heterocycles. The number of rotatable bonds is 8. The number of pyridine rings is 1. The highest BCUT2D eigenvalue weighted by Gasteiger charge is 2.17. The van der Waals surface area contributed by atoms with Crippen molar-refractivity contribution in [3.8, 4) is 0 Å². The number of anilines is 1. The van der Waals surface area contributed by atoms with Crippen LogP contribution in [0.25, 0.3) is 0 Å². The molecule has 1 aliphatic rings. The van der Waals surface area contributed by atoms with Crippen LogP contribution in [0.15, 0.2) is 47.5 Å². The lowest BCUT2D eigenvalue weighted by Crippen LogP contribution is -2.38. The molecule has 8 nitrogen and oxygen atoms in total. The van der Waals surface area contributed by atoms with Crippen molar-refractivity contribution in [2.45, 2.75) is 17.9 Å². The highest BCUT2D eigenvalue weighted by Crippen LogP contribution is 2.18. The van der Waals surface area contributed by atoms with E-state index < -0.39 is 15.8 Å². The van der Waals surface area contributed by atoms with E-state index >= 15 is 0 Å². The van der Waals surface area contributed by atoms with Gasteiger partial charge in [0, 0.05) is 44.4 Å². The van der Waals surface area contributed by atoms with Crippen molar-refractivity contribution in [3.05, 3.63) is 54.0 Å². The maximum Gasteiger partial charge on any atom is 0.240 e. The molecule has 0 radical (unpaired) electrons. The van der Waals surface area contributed by atoms with Crippen molar-refractivity contribution in [1.29, 1.82) is 0 Å². The van der Waals surface area contributed by atoms with Crippen LogP contribution in [-0.4, -0.2) is 52.2 Å². The molecule has 0 saturated carbocycles. The molecule has 2 N–H and O–H groups in total. The fourth-order valence-corrected chi connectivity index (χ4v) is 3.94. The first-order valence-corrected chi connectivity index (χ1v) is 10.7. The van der Waals surface area contributed by atoms with Crippen LogP contribution in [0.1, 0.15) is 12.0 Å². The molecule has 156 valence electrons. The first-order chi connectivity index (χ1) is 14.0. The van der Waals surface area contributed by atoms with Crippen LogP contribution < -0.4 is 14.9 Å². The van der Waals surface area contributed by atoms with Gasteiger partial charge in [0.15, 0.2) is 0 Å². The predicted octanol–water partition coefficient (Wildman–Crippen LogP) is 1.04. The van der Waals surface area contributed by atoms with E-state index in [2.05, 4.69) is 19.9 Å². The summed E-state index contributed by atoms with van der Waals surface area (Å²) in [6.45, 7) is 2.98. The number of benzene rings is 1. The Hall–Kier alpha value is -2.56. The lowest BCUT2D eigenvalue weighted by Gasteiger charge is -2.29. The van der Waals surface area contributed by atoms with E-state index in [0.717, 1.165) is 36.6 Å². The molecule has 0 aliphatic carbocycles. The Bertz CT molecular complexity index is 931. The van der Waals surface area contributed by atoms with Crippen LogP contribution in [0.5, 0.6) is 0 Å². The number of hydrogen-bond donors (Lipinski definition) is 2.